The normalized spacial score (nSPS) is 14.6. The molecule has 3 heterocycles. The molecule has 0 unspecified atom stereocenters. The van der Waals surface area contributed by atoms with Crippen LogP contribution < -0.4 is 10.9 Å². The summed E-state index contributed by atoms with van der Waals surface area (Å²) in [6.07, 6.45) is 6.11. The van der Waals surface area contributed by atoms with E-state index in [0.717, 1.165) is 41.3 Å². The second-order valence-corrected chi connectivity index (χ2v) is 8.23. The van der Waals surface area contributed by atoms with Crippen LogP contribution in [0.4, 0.5) is 5.82 Å². The van der Waals surface area contributed by atoms with Gasteiger partial charge in [-0.05, 0) is 50.8 Å². The van der Waals surface area contributed by atoms with Crippen LogP contribution in [0.5, 0.6) is 0 Å². The third-order valence-electron chi connectivity index (χ3n) is 5.82. The summed E-state index contributed by atoms with van der Waals surface area (Å²) in [4.78, 5) is 34.2. The van der Waals surface area contributed by atoms with Crippen molar-refractivity contribution in [2.75, 3.05) is 5.32 Å². The molecule has 1 amide bonds. The van der Waals surface area contributed by atoms with E-state index in [4.69, 9.17) is 0 Å². The van der Waals surface area contributed by atoms with E-state index in [1.807, 2.05) is 32.9 Å². The van der Waals surface area contributed by atoms with E-state index in [1.54, 1.807) is 23.0 Å². The fraction of sp³-hybridized carbons (Fsp3) is 0.417. The van der Waals surface area contributed by atoms with Gasteiger partial charge in [0.25, 0.3) is 5.56 Å². The van der Waals surface area contributed by atoms with Gasteiger partial charge in [0, 0.05) is 47.4 Å². The monoisotopic (exact) mass is 420 g/mol. The molecule has 0 radical (unpaired) electrons. The Balaban J connectivity index is 1.76. The number of hydrogen-bond acceptors (Lipinski definition) is 5. The molecule has 0 bridgehead atoms. The Morgan fingerprint density at radius 2 is 1.97 bits per heavy atom. The van der Waals surface area contributed by atoms with Crippen LogP contribution in [-0.2, 0) is 11.3 Å². The molecule has 0 saturated heterocycles. The van der Waals surface area contributed by atoms with Crippen LogP contribution in [0.25, 0.3) is 22.0 Å². The van der Waals surface area contributed by atoms with Gasteiger partial charge in [-0.25, -0.2) is 4.98 Å². The van der Waals surface area contributed by atoms with Crippen molar-refractivity contribution in [2.24, 2.45) is 5.92 Å². The Morgan fingerprint density at radius 3 is 2.61 bits per heavy atom. The van der Waals surface area contributed by atoms with E-state index in [-0.39, 0.29) is 17.4 Å². The zero-order valence-corrected chi connectivity index (χ0v) is 18.2. The molecule has 162 valence electrons. The predicted octanol–water partition coefficient (Wildman–Crippen LogP) is 3.97. The minimum absolute atomic E-state index is 0.0130. The number of aryl methyl sites for hydroxylation is 2. The number of carbonyl (C=O) groups excluding carboxylic acids is 1. The van der Waals surface area contributed by atoms with E-state index < -0.39 is 6.10 Å². The molecular formula is C24H28N4O3. The van der Waals surface area contributed by atoms with Gasteiger partial charge >= 0.3 is 0 Å². The van der Waals surface area contributed by atoms with Crippen LogP contribution in [0.15, 0.2) is 35.4 Å². The number of nitrogens with one attached hydrogen (secondary N) is 1. The number of carbonyl (C=O) groups is 1. The minimum Gasteiger partial charge on any atom is -0.387 e. The summed E-state index contributed by atoms with van der Waals surface area (Å²) in [6, 6.07) is 5.44. The predicted molar refractivity (Wildman–Crippen MR) is 121 cm³/mol. The molecule has 0 aliphatic heterocycles. The van der Waals surface area contributed by atoms with Gasteiger partial charge in [0.05, 0.1) is 17.3 Å². The quantitative estimate of drug-likeness (QED) is 0.603. The molecule has 3 aromatic rings. The number of hydrogen-bond donors (Lipinski definition) is 2. The summed E-state index contributed by atoms with van der Waals surface area (Å²) >= 11 is 0. The van der Waals surface area contributed by atoms with Crippen LogP contribution in [0.1, 0.15) is 56.9 Å². The smallest absolute Gasteiger partial charge is 0.258 e. The molecule has 0 spiro atoms. The summed E-state index contributed by atoms with van der Waals surface area (Å²) in [7, 11) is 0. The highest BCUT2D eigenvalue weighted by molar-refractivity contribution is 5.95. The molecule has 1 saturated carbocycles. The lowest BCUT2D eigenvalue weighted by Crippen LogP contribution is -2.22. The van der Waals surface area contributed by atoms with E-state index in [1.165, 1.54) is 0 Å². The number of aliphatic hydroxyl groups excluding tert-OH is 1. The van der Waals surface area contributed by atoms with E-state index in [2.05, 4.69) is 15.3 Å². The van der Waals surface area contributed by atoms with Crippen LogP contribution in [-0.4, -0.2) is 25.5 Å². The lowest BCUT2D eigenvalue weighted by atomic mass is 10.00. The second kappa shape index (κ2) is 8.59. The highest BCUT2D eigenvalue weighted by Crippen LogP contribution is 2.31. The molecule has 7 heteroatoms. The maximum atomic E-state index is 13.3. The standard InChI is InChI=1S/C24H28N4O3/c1-4-6-21(29)19-9-14(3)18(13-25-19)17-10-16-12-26-22(27-23(30)15-7-8-15)11-20(16)28(5-2)24(17)31/h9-13,15,21,29H,4-8H2,1-3H3,(H,26,27,30)/t21-/m0/s1. The van der Waals surface area contributed by atoms with Crippen molar-refractivity contribution < 1.29 is 9.90 Å². The van der Waals surface area contributed by atoms with Gasteiger partial charge < -0.3 is 15.0 Å². The Kier molecular flexibility index (Phi) is 5.87. The van der Waals surface area contributed by atoms with Crippen molar-refractivity contribution >= 4 is 22.6 Å². The summed E-state index contributed by atoms with van der Waals surface area (Å²) in [5, 5.41) is 13.9. The van der Waals surface area contributed by atoms with Gasteiger partial charge in [-0.2, -0.15) is 0 Å². The molecule has 31 heavy (non-hydrogen) atoms. The number of pyridine rings is 3. The number of amides is 1. The Bertz CT molecular complexity index is 1200. The lowest BCUT2D eigenvalue weighted by molar-refractivity contribution is -0.117. The average Bonchev–Trinajstić information content (AvgIpc) is 3.59. The highest BCUT2D eigenvalue weighted by Gasteiger charge is 2.29. The van der Waals surface area contributed by atoms with Crippen molar-refractivity contribution in [2.45, 2.75) is 59.1 Å². The van der Waals surface area contributed by atoms with Gasteiger partial charge in [0.2, 0.25) is 5.91 Å². The largest absolute Gasteiger partial charge is 0.387 e. The first-order valence-electron chi connectivity index (χ1n) is 10.9. The van der Waals surface area contributed by atoms with E-state index in [9.17, 15) is 14.7 Å². The van der Waals surface area contributed by atoms with Crippen molar-refractivity contribution in [1.29, 1.82) is 0 Å². The number of rotatable bonds is 7. The third-order valence-corrected chi connectivity index (χ3v) is 5.82. The van der Waals surface area contributed by atoms with E-state index in [0.29, 0.717) is 30.0 Å². The van der Waals surface area contributed by atoms with Gasteiger partial charge in [-0.15, -0.1) is 0 Å². The summed E-state index contributed by atoms with van der Waals surface area (Å²) in [5.41, 5.74) is 3.42. The number of aliphatic hydroxyl groups is 1. The summed E-state index contributed by atoms with van der Waals surface area (Å²) < 4.78 is 1.69. The molecule has 2 N–H and O–H groups in total. The maximum absolute atomic E-state index is 13.3. The maximum Gasteiger partial charge on any atom is 0.258 e. The average molecular weight is 421 g/mol. The topological polar surface area (TPSA) is 97.1 Å². The molecule has 0 aromatic carbocycles. The van der Waals surface area contributed by atoms with Crippen LogP contribution in [0.3, 0.4) is 0 Å². The molecular weight excluding hydrogens is 392 g/mol. The zero-order chi connectivity index (χ0) is 22.1. The van der Waals surface area contributed by atoms with Crippen LogP contribution >= 0.6 is 0 Å². The van der Waals surface area contributed by atoms with Gasteiger partial charge in [0.15, 0.2) is 0 Å². The van der Waals surface area contributed by atoms with E-state index >= 15 is 0 Å². The summed E-state index contributed by atoms with van der Waals surface area (Å²) in [6.45, 7) is 6.35. The fourth-order valence-electron chi connectivity index (χ4n) is 3.88. The first-order chi connectivity index (χ1) is 14.9. The molecule has 3 aromatic heterocycles. The SMILES string of the molecule is CCC[C@H](O)c1cc(C)c(-c2cc3cnc(NC(=O)C4CC4)cc3n(CC)c2=O)cn1. The number of aromatic nitrogens is 3. The lowest BCUT2D eigenvalue weighted by Gasteiger charge is -2.15. The number of nitrogens with zero attached hydrogens (tertiary/aromatic N) is 3. The fourth-order valence-corrected chi connectivity index (χ4v) is 3.88. The molecule has 1 aliphatic rings. The van der Waals surface area contributed by atoms with Crippen LogP contribution in [0, 0.1) is 12.8 Å². The highest BCUT2D eigenvalue weighted by atomic mass is 16.3. The van der Waals surface area contributed by atoms with Crippen molar-refractivity contribution in [3.05, 3.63) is 52.2 Å². The van der Waals surface area contributed by atoms with Gasteiger partial charge in [0.1, 0.15) is 5.82 Å². The molecule has 7 nitrogen and oxygen atoms in total. The number of fused-ring (bicyclic) bond motifs is 1. The Labute approximate surface area is 181 Å². The second-order valence-electron chi connectivity index (χ2n) is 8.23. The Hall–Kier alpha value is -3.06. The van der Waals surface area contributed by atoms with Gasteiger partial charge in [-0.1, -0.05) is 13.3 Å². The summed E-state index contributed by atoms with van der Waals surface area (Å²) in [5.74, 6) is 0.536. The van der Waals surface area contributed by atoms with Gasteiger partial charge in [-0.3, -0.25) is 14.6 Å². The molecule has 4 rings (SSSR count). The minimum atomic E-state index is -0.602. The third kappa shape index (κ3) is 4.23. The molecule has 1 aliphatic carbocycles. The first kappa shape index (κ1) is 21.2. The van der Waals surface area contributed by atoms with Crippen molar-refractivity contribution in [3.63, 3.8) is 0 Å². The number of anilines is 1. The van der Waals surface area contributed by atoms with Crippen LogP contribution in [0.2, 0.25) is 0 Å². The van der Waals surface area contributed by atoms with Crippen molar-refractivity contribution in [3.8, 4) is 11.1 Å². The first-order valence-corrected chi connectivity index (χ1v) is 10.9. The van der Waals surface area contributed by atoms with Crippen molar-refractivity contribution in [1.82, 2.24) is 14.5 Å². The zero-order valence-electron chi connectivity index (χ0n) is 18.2. The molecule has 1 atom stereocenters. The Morgan fingerprint density at radius 1 is 1.19 bits per heavy atom. The molecule has 1 fully saturated rings.